The van der Waals surface area contributed by atoms with Gasteiger partial charge in [0.25, 0.3) is 11.6 Å². The predicted octanol–water partition coefficient (Wildman–Crippen LogP) is 1.89. The van der Waals surface area contributed by atoms with E-state index in [0.717, 1.165) is 0 Å². The van der Waals surface area contributed by atoms with E-state index < -0.39 is 22.4 Å². The summed E-state index contributed by atoms with van der Waals surface area (Å²) >= 11 is 5.87. The van der Waals surface area contributed by atoms with Crippen molar-refractivity contribution < 1.29 is 14.5 Å². The second-order valence-electron chi connectivity index (χ2n) is 5.70. The average molecular weight is 393 g/mol. The first-order valence-electron chi connectivity index (χ1n) is 7.46. The number of nitrogens with two attached hydrogens (primary N) is 1. The van der Waals surface area contributed by atoms with Crippen molar-refractivity contribution in [3.8, 4) is 0 Å². The second kappa shape index (κ2) is 10.9. The summed E-state index contributed by atoms with van der Waals surface area (Å²) in [6.07, 6.45) is 0.714. The van der Waals surface area contributed by atoms with Gasteiger partial charge in [-0.15, -0.1) is 12.4 Å². The van der Waals surface area contributed by atoms with Crippen molar-refractivity contribution in [3.05, 3.63) is 38.9 Å². The lowest BCUT2D eigenvalue weighted by molar-refractivity contribution is -0.385. The Morgan fingerprint density at radius 3 is 2.52 bits per heavy atom. The molecule has 1 rings (SSSR count). The lowest BCUT2D eigenvalue weighted by Crippen LogP contribution is -2.45. The van der Waals surface area contributed by atoms with E-state index in [0.29, 0.717) is 12.3 Å². The summed E-state index contributed by atoms with van der Waals surface area (Å²) in [5.74, 6) is -0.844. The van der Waals surface area contributed by atoms with Crippen LogP contribution in [0, 0.1) is 16.0 Å². The zero-order valence-electron chi connectivity index (χ0n) is 14.0. The van der Waals surface area contributed by atoms with Crippen molar-refractivity contribution in [2.75, 3.05) is 13.1 Å². The number of rotatable bonds is 8. The van der Waals surface area contributed by atoms with Gasteiger partial charge >= 0.3 is 0 Å². The van der Waals surface area contributed by atoms with Crippen LogP contribution in [0.2, 0.25) is 5.02 Å². The highest BCUT2D eigenvalue weighted by molar-refractivity contribution is 6.34. The maximum atomic E-state index is 12.1. The summed E-state index contributed by atoms with van der Waals surface area (Å²) < 4.78 is 0. The quantitative estimate of drug-likeness (QED) is 0.459. The average Bonchev–Trinajstić information content (AvgIpc) is 2.51. The lowest BCUT2D eigenvalue weighted by Gasteiger charge is -2.19. The molecule has 0 bridgehead atoms. The van der Waals surface area contributed by atoms with Crippen molar-refractivity contribution in [2.24, 2.45) is 11.7 Å². The third-order valence-corrected chi connectivity index (χ3v) is 3.55. The molecule has 0 aliphatic heterocycles. The number of hydrogen-bond acceptors (Lipinski definition) is 5. The molecule has 10 heteroatoms. The van der Waals surface area contributed by atoms with Crippen molar-refractivity contribution in [2.45, 2.75) is 26.3 Å². The Hall–Kier alpha value is -1.90. The summed E-state index contributed by atoms with van der Waals surface area (Å²) in [6, 6.07) is 3.73. The Balaban J connectivity index is 0.00000576. The molecule has 25 heavy (non-hydrogen) atoms. The highest BCUT2D eigenvalue weighted by Gasteiger charge is 2.23. The highest BCUT2D eigenvalue weighted by Crippen LogP contribution is 2.25. The van der Waals surface area contributed by atoms with Crippen LogP contribution < -0.4 is 16.4 Å². The molecule has 4 N–H and O–H groups in total. The van der Waals surface area contributed by atoms with Gasteiger partial charge in [-0.2, -0.15) is 0 Å². The van der Waals surface area contributed by atoms with E-state index in [1.54, 1.807) is 0 Å². The molecule has 1 unspecified atom stereocenters. The van der Waals surface area contributed by atoms with Crippen molar-refractivity contribution in [1.29, 1.82) is 0 Å². The third-order valence-electron chi connectivity index (χ3n) is 3.23. The van der Waals surface area contributed by atoms with Crippen LogP contribution in [0.25, 0.3) is 0 Å². The minimum atomic E-state index is -0.782. The number of amides is 2. The zero-order chi connectivity index (χ0) is 18.3. The monoisotopic (exact) mass is 392 g/mol. The summed E-state index contributed by atoms with van der Waals surface area (Å²) in [6.45, 7) is 3.98. The number of benzene rings is 1. The van der Waals surface area contributed by atoms with Gasteiger partial charge in [0.1, 0.15) is 5.56 Å². The maximum Gasteiger partial charge on any atom is 0.283 e. The van der Waals surface area contributed by atoms with E-state index in [-0.39, 0.29) is 42.1 Å². The van der Waals surface area contributed by atoms with Crippen LogP contribution in [0.15, 0.2) is 18.2 Å². The van der Waals surface area contributed by atoms with E-state index in [4.69, 9.17) is 17.3 Å². The number of carbonyl (C=O) groups is 2. The molecule has 0 aromatic heterocycles. The fourth-order valence-electron chi connectivity index (χ4n) is 2.20. The number of nitrogens with one attached hydrogen (secondary N) is 2. The van der Waals surface area contributed by atoms with Gasteiger partial charge in [-0.1, -0.05) is 31.5 Å². The number of hydrogen-bond donors (Lipinski definition) is 3. The standard InChI is InChI=1S/C15H21ClN4O4.ClH/c1-9(2)6-10(7-17)19-13(21)8-18-15(22)14-11(16)4-3-5-12(14)20(23)24;/h3-5,9-10H,6-8,17H2,1-2H3,(H,18,22)(H,19,21);1H. The van der Waals surface area contributed by atoms with Crippen molar-refractivity contribution in [1.82, 2.24) is 10.6 Å². The fraction of sp³-hybridized carbons (Fsp3) is 0.467. The largest absolute Gasteiger partial charge is 0.351 e. The van der Waals surface area contributed by atoms with E-state index >= 15 is 0 Å². The number of carbonyl (C=O) groups excluding carboxylic acids is 2. The zero-order valence-corrected chi connectivity index (χ0v) is 15.5. The summed E-state index contributed by atoms with van der Waals surface area (Å²) in [7, 11) is 0. The Kier molecular flexibility index (Phi) is 10.0. The molecule has 2 amide bonds. The van der Waals surface area contributed by atoms with Crippen LogP contribution in [0.3, 0.4) is 0 Å². The third kappa shape index (κ3) is 7.25. The number of halogens is 2. The Morgan fingerprint density at radius 1 is 1.36 bits per heavy atom. The van der Waals surface area contributed by atoms with E-state index in [9.17, 15) is 19.7 Å². The van der Waals surface area contributed by atoms with Crippen LogP contribution in [-0.2, 0) is 4.79 Å². The molecule has 0 spiro atoms. The Bertz CT molecular complexity index is 626. The minimum absolute atomic E-state index is 0. The van der Waals surface area contributed by atoms with Gasteiger partial charge in [-0.25, -0.2) is 0 Å². The van der Waals surface area contributed by atoms with Gasteiger partial charge < -0.3 is 16.4 Å². The molecular weight excluding hydrogens is 371 g/mol. The molecule has 0 radical (unpaired) electrons. The molecule has 0 aliphatic carbocycles. The topological polar surface area (TPSA) is 127 Å². The highest BCUT2D eigenvalue weighted by atomic mass is 35.5. The predicted molar refractivity (Wildman–Crippen MR) is 98.1 cm³/mol. The lowest BCUT2D eigenvalue weighted by atomic mass is 10.0. The van der Waals surface area contributed by atoms with Crippen LogP contribution in [0.1, 0.15) is 30.6 Å². The molecule has 0 saturated carbocycles. The number of nitro groups is 1. The van der Waals surface area contributed by atoms with Gasteiger partial charge in [0.15, 0.2) is 0 Å². The number of nitrogens with zero attached hydrogens (tertiary/aromatic N) is 1. The summed E-state index contributed by atoms with van der Waals surface area (Å²) in [5, 5.41) is 16.0. The van der Waals surface area contributed by atoms with Crippen LogP contribution >= 0.6 is 24.0 Å². The van der Waals surface area contributed by atoms with E-state index in [1.807, 2.05) is 13.8 Å². The van der Waals surface area contributed by atoms with Gasteiger partial charge in [-0.3, -0.25) is 19.7 Å². The van der Waals surface area contributed by atoms with Crippen LogP contribution in [-0.4, -0.2) is 35.9 Å². The van der Waals surface area contributed by atoms with Gasteiger partial charge in [0.2, 0.25) is 5.91 Å². The van der Waals surface area contributed by atoms with Crippen molar-refractivity contribution in [3.63, 3.8) is 0 Å². The first kappa shape index (κ1) is 23.1. The molecular formula is C15H22Cl2N4O4. The minimum Gasteiger partial charge on any atom is -0.351 e. The Morgan fingerprint density at radius 2 is 2.00 bits per heavy atom. The molecule has 1 aromatic rings. The number of nitro benzene ring substituents is 1. The maximum absolute atomic E-state index is 12.1. The van der Waals surface area contributed by atoms with Gasteiger partial charge in [0.05, 0.1) is 16.5 Å². The van der Waals surface area contributed by atoms with Crippen LogP contribution in [0.5, 0.6) is 0 Å². The molecule has 1 aromatic carbocycles. The molecule has 0 fully saturated rings. The smallest absolute Gasteiger partial charge is 0.283 e. The van der Waals surface area contributed by atoms with Crippen molar-refractivity contribution >= 4 is 41.5 Å². The summed E-state index contributed by atoms with van der Waals surface area (Å²) in [4.78, 5) is 34.3. The first-order chi connectivity index (χ1) is 11.3. The normalized spacial score (nSPS) is 11.4. The second-order valence-corrected chi connectivity index (χ2v) is 6.11. The molecule has 0 aliphatic rings. The van der Waals surface area contributed by atoms with E-state index in [1.165, 1.54) is 18.2 Å². The molecule has 0 heterocycles. The molecule has 1 atom stereocenters. The van der Waals surface area contributed by atoms with Crippen LogP contribution in [0.4, 0.5) is 5.69 Å². The molecule has 140 valence electrons. The van der Waals surface area contributed by atoms with Gasteiger partial charge in [0, 0.05) is 18.7 Å². The Labute approximate surface area is 157 Å². The first-order valence-corrected chi connectivity index (χ1v) is 7.84. The fourth-order valence-corrected chi connectivity index (χ4v) is 2.46. The SMILES string of the molecule is CC(C)CC(CN)NC(=O)CNC(=O)c1c(Cl)cccc1[N+](=O)[O-].Cl. The molecule has 0 saturated heterocycles. The molecule has 8 nitrogen and oxygen atoms in total. The summed E-state index contributed by atoms with van der Waals surface area (Å²) in [5.41, 5.74) is 4.91. The van der Waals surface area contributed by atoms with Gasteiger partial charge in [-0.05, 0) is 18.4 Å². The van der Waals surface area contributed by atoms with E-state index in [2.05, 4.69) is 10.6 Å².